The fourth-order valence-corrected chi connectivity index (χ4v) is 3.76. The Kier molecular flexibility index (Phi) is 4.53. The molecule has 1 aliphatic heterocycles. The molecule has 4 rings (SSSR count). The molecule has 0 spiro atoms. The first kappa shape index (κ1) is 18.7. The Hall–Kier alpha value is -2.61. The van der Waals surface area contributed by atoms with Crippen LogP contribution in [0.4, 0.5) is 5.95 Å². The third-order valence-electron chi connectivity index (χ3n) is 4.25. The number of aliphatic hydroxyl groups excluding tert-OH is 2. The first-order valence-corrected chi connectivity index (χ1v) is 9.51. The molecule has 1 fully saturated rings. The van der Waals surface area contributed by atoms with Crippen molar-refractivity contribution in [2.24, 2.45) is 0 Å². The van der Waals surface area contributed by atoms with Crippen molar-refractivity contribution in [1.82, 2.24) is 28.8 Å². The van der Waals surface area contributed by atoms with E-state index in [1.54, 1.807) is 0 Å². The second-order valence-electron chi connectivity index (χ2n) is 6.05. The van der Waals surface area contributed by atoms with Gasteiger partial charge in [-0.05, 0) is 0 Å². The van der Waals surface area contributed by atoms with Crippen LogP contribution in [-0.4, -0.2) is 68.9 Å². The summed E-state index contributed by atoms with van der Waals surface area (Å²) in [5, 5.41) is 20.6. The molecule has 14 nitrogen and oxygen atoms in total. The molecule has 28 heavy (non-hydrogen) atoms. The van der Waals surface area contributed by atoms with Crippen LogP contribution in [0.1, 0.15) is 6.23 Å². The first-order chi connectivity index (χ1) is 13.3. The molecule has 5 atom stereocenters. The Labute approximate surface area is 155 Å². The lowest BCUT2D eigenvalue weighted by Crippen LogP contribution is -2.33. The Morgan fingerprint density at radius 2 is 2.14 bits per heavy atom. The van der Waals surface area contributed by atoms with Crippen LogP contribution in [0.2, 0.25) is 0 Å². The van der Waals surface area contributed by atoms with Gasteiger partial charge in [0.2, 0.25) is 5.95 Å². The van der Waals surface area contributed by atoms with Gasteiger partial charge in [0.1, 0.15) is 24.6 Å². The number of nitrogens with one attached hydrogen (secondary N) is 1. The number of nitrogens with two attached hydrogens (primary N) is 1. The zero-order valence-electron chi connectivity index (χ0n) is 14.1. The standard InChI is InChI=1S/C13H16N7O7P/c14-13-17-10-7(11(23)18-13)16-5-20(10)12-9(22)8(21)6(27-12)3-26-28(24,25)19-2-1-15-4-19/h1-2,4-6,8-9,12,21-22H,3H2,(H,24,25)(H3,14,17,18,23). The van der Waals surface area contributed by atoms with Crippen molar-refractivity contribution in [2.75, 3.05) is 12.3 Å². The molecule has 0 amide bonds. The van der Waals surface area contributed by atoms with Crippen LogP contribution in [0.3, 0.4) is 0 Å². The van der Waals surface area contributed by atoms with Gasteiger partial charge >= 0.3 is 7.75 Å². The number of aliphatic hydroxyl groups is 2. The number of H-pyrrole nitrogens is 1. The van der Waals surface area contributed by atoms with Gasteiger partial charge in [-0.15, -0.1) is 0 Å². The molecule has 0 radical (unpaired) electrons. The number of aromatic amines is 1. The van der Waals surface area contributed by atoms with Gasteiger partial charge in [-0.25, -0.2) is 18.9 Å². The topological polar surface area (TPSA) is 204 Å². The number of hydrogen-bond donors (Lipinski definition) is 5. The number of aromatic nitrogens is 6. The number of ether oxygens (including phenoxy) is 1. The fourth-order valence-electron chi connectivity index (χ4n) is 2.86. The van der Waals surface area contributed by atoms with E-state index < -0.39 is 44.5 Å². The monoisotopic (exact) mass is 413 g/mol. The summed E-state index contributed by atoms with van der Waals surface area (Å²) in [4.78, 5) is 35.6. The van der Waals surface area contributed by atoms with Crippen molar-refractivity contribution in [1.29, 1.82) is 0 Å². The minimum absolute atomic E-state index is 0.0286. The molecule has 1 aliphatic rings. The summed E-state index contributed by atoms with van der Waals surface area (Å²) in [6, 6.07) is 0. The van der Waals surface area contributed by atoms with Crippen LogP contribution in [0.25, 0.3) is 11.2 Å². The molecule has 15 heteroatoms. The number of rotatable bonds is 5. The number of hydrogen-bond acceptors (Lipinski definition) is 10. The van der Waals surface area contributed by atoms with Crippen molar-refractivity contribution < 1.29 is 28.9 Å². The van der Waals surface area contributed by atoms with Crippen LogP contribution < -0.4 is 11.3 Å². The fraction of sp³-hybridized carbons (Fsp3) is 0.385. The number of anilines is 1. The van der Waals surface area contributed by atoms with E-state index in [4.69, 9.17) is 15.0 Å². The van der Waals surface area contributed by atoms with Gasteiger partial charge in [0.15, 0.2) is 17.4 Å². The summed E-state index contributed by atoms with van der Waals surface area (Å²) in [7, 11) is -4.24. The maximum absolute atomic E-state index is 12.2. The molecule has 4 heterocycles. The van der Waals surface area contributed by atoms with Gasteiger partial charge in [-0.2, -0.15) is 4.98 Å². The Morgan fingerprint density at radius 1 is 1.36 bits per heavy atom. The van der Waals surface area contributed by atoms with Crippen LogP contribution in [0.15, 0.2) is 29.8 Å². The van der Waals surface area contributed by atoms with E-state index in [2.05, 4.69) is 19.9 Å². The predicted octanol–water partition coefficient (Wildman–Crippen LogP) is -1.82. The zero-order chi connectivity index (χ0) is 20.1. The van der Waals surface area contributed by atoms with E-state index in [9.17, 15) is 24.5 Å². The van der Waals surface area contributed by atoms with Gasteiger partial charge in [-0.3, -0.25) is 18.9 Å². The summed E-state index contributed by atoms with van der Waals surface area (Å²) in [6.45, 7) is -0.497. The SMILES string of the molecule is Nc1nc2c(ncn2C2OC(COP(=O)(O)n3ccnc3)C(O)C2O)c(=O)[nH]1. The van der Waals surface area contributed by atoms with Crippen molar-refractivity contribution in [3.05, 3.63) is 35.4 Å². The molecule has 3 aromatic heterocycles. The van der Waals surface area contributed by atoms with Crippen LogP contribution in [0.5, 0.6) is 0 Å². The quantitative estimate of drug-likeness (QED) is 0.295. The maximum Gasteiger partial charge on any atom is 0.437 e. The summed E-state index contributed by atoms with van der Waals surface area (Å²) in [5.74, 6) is -0.159. The summed E-state index contributed by atoms with van der Waals surface area (Å²) < 4.78 is 24.8. The molecule has 0 bridgehead atoms. The van der Waals surface area contributed by atoms with Crippen LogP contribution in [-0.2, 0) is 13.8 Å². The van der Waals surface area contributed by atoms with E-state index in [0.717, 1.165) is 10.7 Å². The molecule has 0 aromatic carbocycles. The molecule has 3 aromatic rings. The molecule has 150 valence electrons. The Morgan fingerprint density at radius 3 is 2.86 bits per heavy atom. The number of fused-ring (bicyclic) bond motifs is 1. The van der Waals surface area contributed by atoms with Crippen LogP contribution in [0, 0.1) is 0 Å². The van der Waals surface area contributed by atoms with Gasteiger partial charge in [0.05, 0.1) is 12.9 Å². The van der Waals surface area contributed by atoms with E-state index in [-0.39, 0.29) is 17.1 Å². The summed E-state index contributed by atoms with van der Waals surface area (Å²) in [5.41, 5.74) is 4.98. The smallest absolute Gasteiger partial charge is 0.387 e. The van der Waals surface area contributed by atoms with Crippen LogP contribution >= 0.6 is 7.75 Å². The summed E-state index contributed by atoms with van der Waals surface area (Å²) >= 11 is 0. The van der Waals surface area contributed by atoms with Crippen molar-refractivity contribution >= 4 is 24.9 Å². The van der Waals surface area contributed by atoms with E-state index >= 15 is 0 Å². The highest BCUT2D eigenvalue weighted by Crippen LogP contribution is 2.44. The van der Waals surface area contributed by atoms with Crippen molar-refractivity contribution in [3.8, 4) is 0 Å². The maximum atomic E-state index is 12.2. The van der Waals surface area contributed by atoms with Gasteiger partial charge in [0.25, 0.3) is 5.56 Å². The highest BCUT2D eigenvalue weighted by Gasteiger charge is 2.45. The first-order valence-electron chi connectivity index (χ1n) is 7.98. The van der Waals surface area contributed by atoms with Gasteiger partial charge < -0.3 is 25.6 Å². The highest BCUT2D eigenvalue weighted by atomic mass is 31.2. The van der Waals surface area contributed by atoms with Gasteiger partial charge in [0, 0.05) is 12.4 Å². The highest BCUT2D eigenvalue weighted by molar-refractivity contribution is 7.51. The lowest BCUT2D eigenvalue weighted by Gasteiger charge is -2.18. The molecular weight excluding hydrogens is 397 g/mol. The second kappa shape index (κ2) is 6.77. The minimum atomic E-state index is -4.24. The molecule has 5 unspecified atom stereocenters. The lowest BCUT2D eigenvalue weighted by atomic mass is 10.1. The third kappa shape index (κ3) is 3.11. The van der Waals surface area contributed by atoms with E-state index in [0.29, 0.717) is 0 Å². The van der Waals surface area contributed by atoms with E-state index in [1.807, 2.05) is 0 Å². The molecule has 0 aliphatic carbocycles. The lowest BCUT2D eigenvalue weighted by molar-refractivity contribution is -0.0487. The molecule has 6 N–H and O–H groups in total. The average Bonchev–Trinajstić information content (AvgIpc) is 3.35. The van der Waals surface area contributed by atoms with Crippen molar-refractivity contribution in [2.45, 2.75) is 24.5 Å². The number of nitrogen functional groups attached to an aromatic ring is 1. The molecule has 0 saturated carbocycles. The van der Waals surface area contributed by atoms with Crippen molar-refractivity contribution in [3.63, 3.8) is 0 Å². The number of nitrogens with zero attached hydrogens (tertiary/aromatic N) is 5. The largest absolute Gasteiger partial charge is 0.437 e. The zero-order valence-corrected chi connectivity index (χ0v) is 15.0. The van der Waals surface area contributed by atoms with E-state index in [1.165, 1.54) is 23.3 Å². The Bertz CT molecular complexity index is 1100. The Balaban J connectivity index is 1.55. The predicted molar refractivity (Wildman–Crippen MR) is 91.9 cm³/mol. The third-order valence-corrected chi connectivity index (χ3v) is 5.56. The number of imidazole rings is 2. The average molecular weight is 413 g/mol. The normalized spacial score (nSPS) is 27.2. The second-order valence-corrected chi connectivity index (χ2v) is 7.75. The minimum Gasteiger partial charge on any atom is -0.387 e. The summed E-state index contributed by atoms with van der Waals surface area (Å²) in [6.07, 6.45) is -0.333. The van der Waals surface area contributed by atoms with Gasteiger partial charge in [-0.1, -0.05) is 0 Å². The molecule has 1 saturated heterocycles. The molecular formula is C13H16N7O7P.